The minimum atomic E-state index is -0.113. The van der Waals surface area contributed by atoms with Crippen molar-refractivity contribution in [3.05, 3.63) is 23.3 Å². The number of benzene rings is 1. The molecule has 106 valence electrons. The first-order chi connectivity index (χ1) is 8.82. The Morgan fingerprint density at radius 1 is 1.16 bits per heavy atom. The molecule has 0 saturated heterocycles. The minimum Gasteiger partial charge on any atom is -0.504 e. The molecule has 2 N–H and O–H groups in total. The van der Waals surface area contributed by atoms with Gasteiger partial charge in [0, 0.05) is 18.1 Å². The lowest BCUT2D eigenvalue weighted by molar-refractivity contribution is 0.183. The van der Waals surface area contributed by atoms with Crippen molar-refractivity contribution >= 4 is 0 Å². The van der Waals surface area contributed by atoms with Crippen molar-refractivity contribution < 1.29 is 14.9 Å². The molecule has 1 atom stereocenters. The Morgan fingerprint density at radius 3 is 2.37 bits per heavy atom. The van der Waals surface area contributed by atoms with E-state index in [0.717, 1.165) is 30.4 Å². The van der Waals surface area contributed by atoms with E-state index in [4.69, 9.17) is 4.74 Å². The van der Waals surface area contributed by atoms with Gasteiger partial charge in [0.25, 0.3) is 0 Å². The summed E-state index contributed by atoms with van der Waals surface area (Å²) in [6, 6.07) is 3.55. The fourth-order valence-corrected chi connectivity index (χ4v) is 3.35. The summed E-state index contributed by atoms with van der Waals surface area (Å²) in [6.45, 7) is 7.10. The van der Waals surface area contributed by atoms with Crippen molar-refractivity contribution in [1.82, 2.24) is 0 Å². The molecule has 0 amide bonds. The van der Waals surface area contributed by atoms with E-state index in [1.165, 1.54) is 0 Å². The van der Waals surface area contributed by atoms with Crippen LogP contribution < -0.4 is 0 Å². The number of methoxy groups -OCH3 is 1. The topological polar surface area (TPSA) is 49.7 Å². The highest BCUT2D eigenvalue weighted by atomic mass is 16.5. The van der Waals surface area contributed by atoms with Crippen LogP contribution in [-0.4, -0.2) is 17.3 Å². The molecule has 1 aliphatic carbocycles. The number of ether oxygens (including phenoxy) is 1. The molecule has 0 radical (unpaired) electrons. The first-order valence-electron chi connectivity index (χ1n) is 6.86. The maximum absolute atomic E-state index is 10.3. The predicted octanol–water partition coefficient (Wildman–Crippen LogP) is 3.71. The summed E-state index contributed by atoms with van der Waals surface area (Å²) in [5, 5.41) is 20.2. The van der Waals surface area contributed by atoms with Crippen molar-refractivity contribution in [3.63, 3.8) is 0 Å². The van der Waals surface area contributed by atoms with Crippen LogP contribution in [0.2, 0.25) is 0 Å². The van der Waals surface area contributed by atoms with Gasteiger partial charge >= 0.3 is 0 Å². The minimum absolute atomic E-state index is 0.0253. The largest absolute Gasteiger partial charge is 0.504 e. The van der Waals surface area contributed by atoms with Crippen LogP contribution in [-0.2, 0) is 16.8 Å². The van der Waals surface area contributed by atoms with E-state index < -0.39 is 0 Å². The Bertz CT molecular complexity index is 479. The van der Waals surface area contributed by atoms with Crippen molar-refractivity contribution in [3.8, 4) is 11.5 Å². The van der Waals surface area contributed by atoms with Crippen LogP contribution in [0.1, 0.15) is 51.2 Å². The highest BCUT2D eigenvalue weighted by Crippen LogP contribution is 2.56. The average Bonchev–Trinajstić information content (AvgIpc) is 2.59. The maximum atomic E-state index is 10.3. The zero-order valence-electron chi connectivity index (χ0n) is 12.3. The normalized spacial score (nSPS) is 25.7. The van der Waals surface area contributed by atoms with Gasteiger partial charge < -0.3 is 14.9 Å². The number of phenolic OH excluding ortho intramolecular Hbond substituents is 2. The van der Waals surface area contributed by atoms with E-state index in [2.05, 4.69) is 20.8 Å². The fraction of sp³-hybridized carbons (Fsp3) is 0.625. The number of rotatable bonds is 3. The van der Waals surface area contributed by atoms with E-state index in [0.29, 0.717) is 6.61 Å². The molecule has 0 aromatic heterocycles. The summed E-state index contributed by atoms with van der Waals surface area (Å²) < 4.78 is 5.13. The molecule has 0 spiro atoms. The molecule has 0 bridgehead atoms. The number of hydrogen-bond donors (Lipinski definition) is 2. The van der Waals surface area contributed by atoms with E-state index in [1.54, 1.807) is 13.2 Å². The van der Waals surface area contributed by atoms with E-state index >= 15 is 0 Å². The van der Waals surface area contributed by atoms with Gasteiger partial charge in [0.05, 0.1) is 6.61 Å². The zero-order chi connectivity index (χ0) is 14.3. The summed E-state index contributed by atoms with van der Waals surface area (Å²) >= 11 is 0. The van der Waals surface area contributed by atoms with Gasteiger partial charge in [0.2, 0.25) is 0 Å². The van der Waals surface area contributed by atoms with Crippen molar-refractivity contribution in [2.24, 2.45) is 5.41 Å². The smallest absolute Gasteiger partial charge is 0.161 e. The Labute approximate surface area is 115 Å². The van der Waals surface area contributed by atoms with Crippen molar-refractivity contribution in [1.29, 1.82) is 0 Å². The second kappa shape index (κ2) is 4.71. The molecule has 19 heavy (non-hydrogen) atoms. The molecule has 1 saturated carbocycles. The predicted molar refractivity (Wildman–Crippen MR) is 75.5 cm³/mol. The molecule has 1 fully saturated rings. The molecule has 1 aromatic rings. The number of phenols is 2. The average molecular weight is 264 g/mol. The van der Waals surface area contributed by atoms with Crippen LogP contribution in [0, 0.1) is 5.41 Å². The lowest BCUT2D eigenvalue weighted by atomic mass is 9.65. The fourth-order valence-electron chi connectivity index (χ4n) is 3.35. The first kappa shape index (κ1) is 14.2. The molecular weight excluding hydrogens is 240 g/mol. The standard InChI is InChI=1S/C16H24O3/c1-15(2)6-5-7-16(15,3)12-8-11(10-19-4)9-13(17)14(12)18/h8-9,17-18H,5-7,10H2,1-4H3/t16-/m1/s1. The van der Waals surface area contributed by atoms with Gasteiger partial charge in [0.15, 0.2) is 11.5 Å². The third-order valence-corrected chi connectivity index (χ3v) is 5.03. The van der Waals surface area contributed by atoms with Crippen LogP contribution in [0.25, 0.3) is 0 Å². The molecule has 0 unspecified atom stereocenters. The third-order valence-electron chi connectivity index (χ3n) is 5.03. The van der Waals surface area contributed by atoms with E-state index in [-0.39, 0.29) is 22.3 Å². The quantitative estimate of drug-likeness (QED) is 0.818. The van der Waals surface area contributed by atoms with Crippen molar-refractivity contribution in [2.45, 2.75) is 52.1 Å². The van der Waals surface area contributed by atoms with Crippen LogP contribution in [0.15, 0.2) is 12.1 Å². The molecule has 1 aromatic carbocycles. The summed E-state index contributed by atoms with van der Waals surface area (Å²) in [4.78, 5) is 0. The summed E-state index contributed by atoms with van der Waals surface area (Å²) in [5.41, 5.74) is 1.75. The highest BCUT2D eigenvalue weighted by Gasteiger charge is 2.47. The molecule has 0 aliphatic heterocycles. The van der Waals surface area contributed by atoms with Gasteiger partial charge in [-0.25, -0.2) is 0 Å². The van der Waals surface area contributed by atoms with Gasteiger partial charge in [-0.05, 0) is 36.0 Å². The van der Waals surface area contributed by atoms with E-state index in [9.17, 15) is 10.2 Å². The summed E-state index contributed by atoms with van der Waals surface area (Å²) in [5.74, 6) is -0.0224. The Morgan fingerprint density at radius 2 is 1.84 bits per heavy atom. The summed E-state index contributed by atoms with van der Waals surface area (Å²) in [7, 11) is 1.63. The molecule has 1 aliphatic rings. The SMILES string of the molecule is COCc1cc(O)c(O)c([C@@]2(C)CCCC2(C)C)c1. The van der Waals surface area contributed by atoms with Gasteiger partial charge in [-0.15, -0.1) is 0 Å². The van der Waals surface area contributed by atoms with Crippen LogP contribution in [0.5, 0.6) is 11.5 Å². The Hall–Kier alpha value is -1.22. The number of aromatic hydroxyl groups is 2. The first-order valence-corrected chi connectivity index (χ1v) is 6.86. The van der Waals surface area contributed by atoms with Crippen LogP contribution in [0.4, 0.5) is 0 Å². The van der Waals surface area contributed by atoms with Crippen molar-refractivity contribution in [2.75, 3.05) is 7.11 Å². The highest BCUT2D eigenvalue weighted by molar-refractivity contribution is 5.52. The molecular formula is C16H24O3. The number of hydrogen-bond acceptors (Lipinski definition) is 3. The van der Waals surface area contributed by atoms with Crippen LogP contribution >= 0.6 is 0 Å². The lowest BCUT2D eigenvalue weighted by Gasteiger charge is -2.39. The van der Waals surface area contributed by atoms with Gasteiger partial charge in [-0.2, -0.15) is 0 Å². The second-order valence-electron chi connectivity index (χ2n) is 6.51. The summed E-state index contributed by atoms with van der Waals surface area (Å²) in [6.07, 6.45) is 3.32. The second-order valence-corrected chi connectivity index (χ2v) is 6.51. The Kier molecular flexibility index (Phi) is 3.52. The third kappa shape index (κ3) is 2.20. The lowest BCUT2D eigenvalue weighted by Crippen LogP contribution is -2.34. The van der Waals surface area contributed by atoms with Gasteiger partial charge in [-0.3, -0.25) is 0 Å². The van der Waals surface area contributed by atoms with Gasteiger partial charge in [-0.1, -0.05) is 27.2 Å². The molecule has 0 heterocycles. The Balaban J connectivity index is 2.55. The zero-order valence-corrected chi connectivity index (χ0v) is 12.3. The molecule has 3 nitrogen and oxygen atoms in total. The molecule has 2 rings (SSSR count). The van der Waals surface area contributed by atoms with Crippen LogP contribution in [0.3, 0.4) is 0 Å². The van der Waals surface area contributed by atoms with Gasteiger partial charge in [0.1, 0.15) is 0 Å². The monoisotopic (exact) mass is 264 g/mol. The van der Waals surface area contributed by atoms with E-state index in [1.807, 2.05) is 6.07 Å². The maximum Gasteiger partial charge on any atom is 0.161 e. The molecule has 3 heteroatoms.